The van der Waals surface area contributed by atoms with Gasteiger partial charge in [0, 0.05) is 25.5 Å². The zero-order valence-corrected chi connectivity index (χ0v) is 14.0. The number of amides is 2. The SMILES string of the molecule is C[C@H]1CN(C)c2ccccc2N(C(=O)c2cc(C(N)=O)cs2)C1. The minimum absolute atomic E-state index is 0.0860. The molecule has 6 heteroatoms. The fourth-order valence-electron chi connectivity index (χ4n) is 2.95. The van der Waals surface area contributed by atoms with Gasteiger partial charge >= 0.3 is 0 Å². The van der Waals surface area contributed by atoms with E-state index in [1.807, 2.05) is 31.3 Å². The minimum Gasteiger partial charge on any atom is -0.373 e. The van der Waals surface area contributed by atoms with Crippen LogP contribution >= 0.6 is 11.3 Å². The highest BCUT2D eigenvalue weighted by Crippen LogP contribution is 2.34. The van der Waals surface area contributed by atoms with Gasteiger partial charge in [-0.05, 0) is 24.1 Å². The maximum Gasteiger partial charge on any atom is 0.268 e. The Morgan fingerprint density at radius 3 is 2.57 bits per heavy atom. The van der Waals surface area contributed by atoms with Crippen molar-refractivity contribution in [2.75, 3.05) is 29.9 Å². The summed E-state index contributed by atoms with van der Waals surface area (Å²) in [6.45, 7) is 3.66. The van der Waals surface area contributed by atoms with Crippen molar-refractivity contribution in [3.63, 3.8) is 0 Å². The molecule has 0 fully saturated rings. The van der Waals surface area contributed by atoms with Crippen LogP contribution in [0.4, 0.5) is 11.4 Å². The maximum atomic E-state index is 13.0. The van der Waals surface area contributed by atoms with Gasteiger partial charge in [-0.1, -0.05) is 19.1 Å². The molecule has 0 radical (unpaired) electrons. The molecule has 1 aliphatic rings. The Bertz CT molecular complexity index is 756. The van der Waals surface area contributed by atoms with Crippen LogP contribution < -0.4 is 15.5 Å². The first kappa shape index (κ1) is 15.6. The molecule has 23 heavy (non-hydrogen) atoms. The van der Waals surface area contributed by atoms with Crippen LogP contribution in [0.2, 0.25) is 0 Å². The van der Waals surface area contributed by atoms with Gasteiger partial charge < -0.3 is 15.5 Å². The molecular formula is C17H19N3O2S. The molecule has 0 aliphatic carbocycles. The van der Waals surface area contributed by atoms with Gasteiger partial charge in [0.15, 0.2) is 0 Å². The van der Waals surface area contributed by atoms with Crippen molar-refractivity contribution in [3.8, 4) is 0 Å². The molecule has 2 heterocycles. The van der Waals surface area contributed by atoms with Crippen molar-refractivity contribution in [3.05, 3.63) is 46.2 Å². The van der Waals surface area contributed by atoms with Crippen LogP contribution in [-0.2, 0) is 0 Å². The largest absolute Gasteiger partial charge is 0.373 e. The van der Waals surface area contributed by atoms with E-state index in [1.165, 1.54) is 11.3 Å². The Balaban J connectivity index is 2.00. The quantitative estimate of drug-likeness (QED) is 0.921. The molecule has 0 bridgehead atoms. The lowest BCUT2D eigenvalue weighted by atomic mass is 10.1. The molecule has 2 aromatic rings. The van der Waals surface area contributed by atoms with Gasteiger partial charge in [-0.25, -0.2) is 0 Å². The molecule has 1 atom stereocenters. The van der Waals surface area contributed by atoms with Crippen molar-refractivity contribution >= 4 is 34.5 Å². The Labute approximate surface area is 139 Å². The van der Waals surface area contributed by atoms with Gasteiger partial charge in [-0.3, -0.25) is 9.59 Å². The number of rotatable bonds is 2. The van der Waals surface area contributed by atoms with E-state index in [0.29, 0.717) is 22.9 Å². The van der Waals surface area contributed by atoms with Crippen LogP contribution in [0.25, 0.3) is 0 Å². The smallest absolute Gasteiger partial charge is 0.268 e. The first-order valence-electron chi connectivity index (χ1n) is 7.47. The number of para-hydroxylation sites is 2. The van der Waals surface area contributed by atoms with Crippen molar-refractivity contribution < 1.29 is 9.59 Å². The predicted molar refractivity (Wildman–Crippen MR) is 93.4 cm³/mol. The Hall–Kier alpha value is -2.34. The minimum atomic E-state index is -0.510. The lowest BCUT2D eigenvalue weighted by Gasteiger charge is -2.24. The number of hydrogen-bond acceptors (Lipinski definition) is 4. The van der Waals surface area contributed by atoms with Crippen LogP contribution in [0.5, 0.6) is 0 Å². The highest BCUT2D eigenvalue weighted by molar-refractivity contribution is 7.12. The summed E-state index contributed by atoms with van der Waals surface area (Å²) in [5.74, 6) is -0.256. The van der Waals surface area contributed by atoms with Gasteiger partial charge in [-0.15, -0.1) is 11.3 Å². The number of nitrogens with zero attached hydrogens (tertiary/aromatic N) is 2. The fraction of sp³-hybridized carbons (Fsp3) is 0.294. The Morgan fingerprint density at radius 1 is 1.22 bits per heavy atom. The van der Waals surface area contributed by atoms with Crippen molar-refractivity contribution in [2.45, 2.75) is 6.92 Å². The van der Waals surface area contributed by atoms with Crippen LogP contribution in [0.1, 0.15) is 27.0 Å². The van der Waals surface area contributed by atoms with Gasteiger partial charge in [0.25, 0.3) is 5.91 Å². The summed E-state index contributed by atoms with van der Waals surface area (Å²) in [4.78, 5) is 28.7. The van der Waals surface area contributed by atoms with Gasteiger partial charge in [0.2, 0.25) is 5.91 Å². The molecule has 2 N–H and O–H groups in total. The second-order valence-electron chi connectivity index (χ2n) is 5.95. The summed E-state index contributed by atoms with van der Waals surface area (Å²) in [7, 11) is 2.04. The number of thiophene rings is 1. The third-order valence-corrected chi connectivity index (χ3v) is 4.92. The van der Waals surface area contributed by atoms with E-state index in [1.54, 1.807) is 16.3 Å². The van der Waals surface area contributed by atoms with E-state index in [0.717, 1.165) is 17.9 Å². The Kier molecular flexibility index (Phi) is 4.09. The summed E-state index contributed by atoms with van der Waals surface area (Å²) in [6, 6.07) is 9.48. The first-order valence-corrected chi connectivity index (χ1v) is 8.35. The summed E-state index contributed by atoms with van der Waals surface area (Å²) in [6.07, 6.45) is 0. The van der Waals surface area contributed by atoms with Gasteiger partial charge in [-0.2, -0.15) is 0 Å². The summed E-state index contributed by atoms with van der Waals surface area (Å²) in [5, 5.41) is 1.63. The number of fused-ring (bicyclic) bond motifs is 1. The lowest BCUT2D eigenvalue weighted by Crippen LogP contribution is -2.34. The number of carbonyl (C=O) groups is 2. The highest BCUT2D eigenvalue weighted by atomic mass is 32.1. The second kappa shape index (κ2) is 6.04. The number of nitrogens with two attached hydrogens (primary N) is 1. The number of anilines is 2. The van der Waals surface area contributed by atoms with E-state index in [2.05, 4.69) is 11.8 Å². The highest BCUT2D eigenvalue weighted by Gasteiger charge is 2.28. The van der Waals surface area contributed by atoms with Crippen LogP contribution in [0.3, 0.4) is 0 Å². The fourth-order valence-corrected chi connectivity index (χ4v) is 3.80. The molecule has 3 rings (SSSR count). The molecule has 1 aromatic carbocycles. The molecule has 120 valence electrons. The first-order chi connectivity index (χ1) is 11.0. The van der Waals surface area contributed by atoms with Crippen molar-refractivity contribution in [1.29, 1.82) is 0 Å². The van der Waals surface area contributed by atoms with Crippen molar-refractivity contribution in [1.82, 2.24) is 0 Å². The third kappa shape index (κ3) is 2.94. The number of benzene rings is 1. The van der Waals surface area contributed by atoms with E-state index >= 15 is 0 Å². The van der Waals surface area contributed by atoms with Crippen LogP contribution in [-0.4, -0.2) is 32.0 Å². The molecule has 5 nitrogen and oxygen atoms in total. The monoisotopic (exact) mass is 329 g/mol. The van der Waals surface area contributed by atoms with Crippen molar-refractivity contribution in [2.24, 2.45) is 11.7 Å². The number of carbonyl (C=O) groups excluding carboxylic acids is 2. The average molecular weight is 329 g/mol. The number of primary amides is 1. The standard InChI is InChI=1S/C17H19N3O2S/c1-11-8-19(2)13-5-3-4-6-14(13)20(9-11)17(22)15-7-12(10-23-15)16(18)21/h3-7,10-11H,8-9H2,1-2H3,(H2,18,21)/t11-/m0/s1. The molecule has 2 amide bonds. The topological polar surface area (TPSA) is 66.6 Å². The zero-order chi connectivity index (χ0) is 16.6. The van der Waals surface area contributed by atoms with E-state index in [-0.39, 0.29) is 5.91 Å². The average Bonchev–Trinajstić information content (AvgIpc) is 2.97. The molecule has 0 spiro atoms. The molecule has 1 aliphatic heterocycles. The predicted octanol–water partition coefficient (Wildman–Crippen LogP) is 2.58. The lowest BCUT2D eigenvalue weighted by molar-refractivity contribution is 0.0987. The molecule has 0 saturated carbocycles. The zero-order valence-electron chi connectivity index (χ0n) is 13.2. The maximum absolute atomic E-state index is 13.0. The normalized spacial score (nSPS) is 17.6. The van der Waals surface area contributed by atoms with Crippen LogP contribution in [0.15, 0.2) is 35.7 Å². The summed E-state index contributed by atoms with van der Waals surface area (Å²) >= 11 is 1.26. The van der Waals surface area contributed by atoms with E-state index in [4.69, 9.17) is 5.73 Å². The third-order valence-electron chi connectivity index (χ3n) is 4.00. The summed E-state index contributed by atoms with van der Waals surface area (Å²) in [5.41, 5.74) is 7.60. The van der Waals surface area contributed by atoms with Gasteiger partial charge in [0.05, 0.1) is 21.8 Å². The Morgan fingerprint density at radius 2 is 1.91 bits per heavy atom. The van der Waals surface area contributed by atoms with E-state index in [9.17, 15) is 9.59 Å². The molecule has 1 aromatic heterocycles. The summed E-state index contributed by atoms with van der Waals surface area (Å²) < 4.78 is 0. The molecule has 0 unspecified atom stereocenters. The van der Waals surface area contributed by atoms with Gasteiger partial charge in [0.1, 0.15) is 0 Å². The number of hydrogen-bond donors (Lipinski definition) is 1. The van der Waals surface area contributed by atoms with E-state index < -0.39 is 5.91 Å². The second-order valence-corrected chi connectivity index (χ2v) is 6.87. The van der Waals surface area contributed by atoms with Crippen LogP contribution in [0, 0.1) is 5.92 Å². The molecule has 0 saturated heterocycles. The molecular weight excluding hydrogens is 310 g/mol.